The van der Waals surface area contributed by atoms with Crippen molar-refractivity contribution in [2.75, 3.05) is 26.9 Å². The number of aromatic nitrogens is 2. The van der Waals surface area contributed by atoms with Gasteiger partial charge >= 0.3 is 0 Å². The Morgan fingerprint density at radius 1 is 0.900 bits per heavy atom. The van der Waals surface area contributed by atoms with Crippen molar-refractivity contribution in [3.05, 3.63) is 53.6 Å². The predicted octanol–water partition coefficient (Wildman–Crippen LogP) is 4.66. The molecule has 7 nitrogen and oxygen atoms in total. The minimum Gasteiger partial charge on any atom is -0.493 e. The fourth-order valence-electron chi connectivity index (χ4n) is 2.77. The van der Waals surface area contributed by atoms with Gasteiger partial charge in [-0.3, -0.25) is 0 Å². The summed E-state index contributed by atoms with van der Waals surface area (Å²) in [5.74, 6) is 2.93. The van der Waals surface area contributed by atoms with Crippen molar-refractivity contribution >= 4 is 6.21 Å². The van der Waals surface area contributed by atoms with E-state index in [4.69, 9.17) is 14.2 Å². The minimum absolute atomic E-state index is 0.476. The number of hydrogen-bond acceptors (Lipinski definition) is 7. The van der Waals surface area contributed by atoms with Crippen LogP contribution in [-0.2, 0) is 4.84 Å². The zero-order valence-corrected chi connectivity index (χ0v) is 18.3. The van der Waals surface area contributed by atoms with Gasteiger partial charge in [0, 0.05) is 0 Å². The van der Waals surface area contributed by atoms with Crippen molar-refractivity contribution in [3.63, 3.8) is 0 Å². The summed E-state index contributed by atoms with van der Waals surface area (Å²) in [6, 6.07) is 4.04. The second kappa shape index (κ2) is 13.2. The van der Waals surface area contributed by atoms with Crippen LogP contribution >= 0.6 is 0 Å². The molecule has 0 amide bonds. The first-order valence-corrected chi connectivity index (χ1v) is 10.1. The van der Waals surface area contributed by atoms with Crippen LogP contribution in [0.25, 0.3) is 0 Å². The van der Waals surface area contributed by atoms with E-state index in [1.807, 2.05) is 45.1 Å². The largest absolute Gasteiger partial charge is 0.493 e. The highest BCUT2D eigenvalue weighted by Gasteiger charge is 2.07. The number of nitrogens with zero attached hydrogens (tertiary/aromatic N) is 3. The fraction of sp³-hybridized carbons (Fsp3) is 0.435. The molecule has 7 heteroatoms. The molecule has 0 N–H and O–H groups in total. The highest BCUT2D eigenvalue weighted by molar-refractivity contribution is 5.73. The summed E-state index contributed by atoms with van der Waals surface area (Å²) in [6.07, 6.45) is 11.6. The minimum atomic E-state index is 0.476. The summed E-state index contributed by atoms with van der Waals surface area (Å²) in [7, 11) is 1.47. The smallest absolute Gasteiger partial charge is 0.174 e. The molecule has 0 saturated heterocycles. The second-order valence-corrected chi connectivity index (χ2v) is 6.72. The third kappa shape index (κ3) is 8.11. The summed E-state index contributed by atoms with van der Waals surface area (Å²) < 4.78 is 17.4. The summed E-state index contributed by atoms with van der Waals surface area (Å²) >= 11 is 0. The Kier molecular flexibility index (Phi) is 10.2. The quantitative estimate of drug-likeness (QED) is 0.206. The lowest BCUT2D eigenvalue weighted by Crippen LogP contribution is -2.04. The maximum absolute atomic E-state index is 6.01. The van der Waals surface area contributed by atoms with E-state index >= 15 is 0 Å². The molecule has 1 aromatic heterocycles. The monoisotopic (exact) mass is 413 g/mol. The lowest BCUT2D eigenvalue weighted by atomic mass is 10.1. The summed E-state index contributed by atoms with van der Waals surface area (Å²) in [5.41, 5.74) is 2.18. The molecule has 1 aromatic carbocycles. The van der Waals surface area contributed by atoms with Crippen LogP contribution < -0.4 is 14.2 Å². The normalized spacial score (nSPS) is 11.2. The number of unbranched alkanes of at least 4 members (excludes halogenated alkanes) is 2. The lowest BCUT2D eigenvalue weighted by Gasteiger charge is -2.14. The Labute approximate surface area is 178 Å². The average Bonchev–Trinajstić information content (AvgIpc) is 2.74. The van der Waals surface area contributed by atoms with E-state index in [1.165, 1.54) is 13.3 Å². The molecule has 0 spiro atoms. The van der Waals surface area contributed by atoms with Gasteiger partial charge in [-0.2, -0.15) is 0 Å². The molecule has 0 aliphatic carbocycles. The molecule has 0 aliphatic heterocycles. The number of benzene rings is 1. The first-order chi connectivity index (χ1) is 14.6. The SMILES string of the molecule is C/C=C/COc1cc(C)c(OCCCCCOc2cnc(/C=N/OC)nc2)c(C)c1. The summed E-state index contributed by atoms with van der Waals surface area (Å²) in [5, 5.41) is 3.62. The van der Waals surface area contributed by atoms with Gasteiger partial charge in [0.2, 0.25) is 0 Å². The number of ether oxygens (including phenoxy) is 3. The standard InChI is InChI=1S/C23H31N3O4/c1-5-6-10-28-20-13-18(2)23(19(3)14-20)30-12-9-7-8-11-29-21-15-24-22(25-16-21)17-26-27-4/h5-6,13-17H,7-12H2,1-4H3/b6-5+,26-17+. The van der Waals surface area contributed by atoms with Crippen LogP contribution in [0.15, 0.2) is 41.8 Å². The molecular weight excluding hydrogens is 382 g/mol. The van der Waals surface area contributed by atoms with E-state index in [2.05, 4.69) is 20.0 Å². The van der Waals surface area contributed by atoms with Gasteiger partial charge in [-0.05, 0) is 63.3 Å². The molecule has 2 rings (SSSR count). The maximum Gasteiger partial charge on any atom is 0.174 e. The number of aryl methyl sites for hydroxylation is 2. The van der Waals surface area contributed by atoms with Crippen LogP contribution in [0.3, 0.4) is 0 Å². The van der Waals surface area contributed by atoms with Gasteiger partial charge in [-0.15, -0.1) is 0 Å². The maximum atomic E-state index is 6.01. The fourth-order valence-corrected chi connectivity index (χ4v) is 2.77. The van der Waals surface area contributed by atoms with Gasteiger partial charge in [0.25, 0.3) is 0 Å². The molecule has 0 saturated carbocycles. The molecule has 0 bridgehead atoms. The van der Waals surface area contributed by atoms with Crippen LogP contribution in [0.5, 0.6) is 17.2 Å². The van der Waals surface area contributed by atoms with E-state index in [9.17, 15) is 0 Å². The Morgan fingerprint density at radius 3 is 2.20 bits per heavy atom. The third-order valence-corrected chi connectivity index (χ3v) is 4.24. The van der Waals surface area contributed by atoms with Gasteiger partial charge in [-0.25, -0.2) is 9.97 Å². The summed E-state index contributed by atoms with van der Waals surface area (Å²) in [6.45, 7) is 7.95. The predicted molar refractivity (Wildman–Crippen MR) is 118 cm³/mol. The number of oxime groups is 1. The van der Waals surface area contributed by atoms with E-state index < -0.39 is 0 Å². The van der Waals surface area contributed by atoms with Crippen molar-refractivity contribution in [2.24, 2.45) is 5.16 Å². The van der Waals surface area contributed by atoms with Crippen molar-refractivity contribution in [2.45, 2.75) is 40.0 Å². The third-order valence-electron chi connectivity index (χ3n) is 4.24. The Morgan fingerprint density at radius 2 is 1.57 bits per heavy atom. The van der Waals surface area contributed by atoms with Gasteiger partial charge in [0.15, 0.2) is 11.6 Å². The number of rotatable bonds is 13. The van der Waals surface area contributed by atoms with Gasteiger partial charge < -0.3 is 19.0 Å². The van der Waals surface area contributed by atoms with E-state index in [0.717, 1.165) is 41.9 Å². The van der Waals surface area contributed by atoms with Gasteiger partial charge in [0.1, 0.15) is 31.4 Å². The second-order valence-electron chi connectivity index (χ2n) is 6.72. The molecule has 0 aliphatic rings. The van der Waals surface area contributed by atoms with E-state index in [-0.39, 0.29) is 0 Å². The van der Waals surface area contributed by atoms with Crippen molar-refractivity contribution < 1.29 is 19.0 Å². The number of hydrogen-bond donors (Lipinski definition) is 0. The molecule has 0 unspecified atom stereocenters. The van der Waals surface area contributed by atoms with Gasteiger partial charge in [-0.1, -0.05) is 17.3 Å². The first kappa shape index (κ1) is 23.2. The van der Waals surface area contributed by atoms with E-state index in [0.29, 0.717) is 31.4 Å². The summed E-state index contributed by atoms with van der Waals surface area (Å²) in [4.78, 5) is 12.8. The molecule has 0 fully saturated rings. The Balaban J connectivity index is 1.65. The molecule has 0 atom stereocenters. The number of allylic oxidation sites excluding steroid dienone is 1. The Bertz CT molecular complexity index is 797. The van der Waals surface area contributed by atoms with Crippen LogP contribution in [0.1, 0.15) is 43.1 Å². The molecule has 162 valence electrons. The first-order valence-electron chi connectivity index (χ1n) is 10.1. The molecular formula is C23H31N3O4. The van der Waals surface area contributed by atoms with Crippen molar-refractivity contribution in [1.82, 2.24) is 9.97 Å². The zero-order valence-electron chi connectivity index (χ0n) is 18.3. The topological polar surface area (TPSA) is 75.1 Å². The van der Waals surface area contributed by atoms with Gasteiger partial charge in [0.05, 0.1) is 25.6 Å². The van der Waals surface area contributed by atoms with Crippen molar-refractivity contribution in [3.8, 4) is 17.2 Å². The van der Waals surface area contributed by atoms with Crippen LogP contribution in [0, 0.1) is 13.8 Å². The zero-order chi connectivity index (χ0) is 21.6. The molecule has 1 heterocycles. The highest BCUT2D eigenvalue weighted by atomic mass is 16.6. The van der Waals surface area contributed by atoms with Crippen LogP contribution in [0.4, 0.5) is 0 Å². The molecule has 0 radical (unpaired) electrons. The van der Waals surface area contributed by atoms with Crippen LogP contribution in [-0.4, -0.2) is 43.1 Å². The molecule has 30 heavy (non-hydrogen) atoms. The highest BCUT2D eigenvalue weighted by Crippen LogP contribution is 2.28. The molecule has 2 aromatic rings. The average molecular weight is 414 g/mol. The van der Waals surface area contributed by atoms with E-state index in [1.54, 1.807) is 12.4 Å². The van der Waals surface area contributed by atoms with Crippen molar-refractivity contribution in [1.29, 1.82) is 0 Å². The Hall–Kier alpha value is -3.09. The van der Waals surface area contributed by atoms with Crippen LogP contribution in [0.2, 0.25) is 0 Å². The lowest BCUT2D eigenvalue weighted by molar-refractivity contribution is 0.215.